The average molecular weight is 412 g/mol. The molecule has 7 heteroatoms. The van der Waals surface area contributed by atoms with Crippen LogP contribution in [0.5, 0.6) is 0 Å². The van der Waals surface area contributed by atoms with Gasteiger partial charge in [0, 0.05) is 17.3 Å². The zero-order valence-corrected chi connectivity index (χ0v) is 16.9. The quantitative estimate of drug-likeness (QED) is 0.501. The third-order valence-electron chi connectivity index (χ3n) is 5.48. The van der Waals surface area contributed by atoms with Crippen LogP contribution >= 0.6 is 0 Å². The number of benzene rings is 2. The highest BCUT2D eigenvalue weighted by Gasteiger charge is 2.51. The molecular weight excluding hydrogens is 392 g/mol. The third-order valence-corrected chi connectivity index (χ3v) is 5.48. The SMILES string of the molecule is C[C@]1(c2ccco2)NC(=O)N(Cc2cn(-c3ccccc3)nc2-c2ccccc2)C1=O. The van der Waals surface area contributed by atoms with E-state index in [1.54, 1.807) is 23.7 Å². The van der Waals surface area contributed by atoms with E-state index in [9.17, 15) is 9.59 Å². The number of carbonyl (C=O) groups excluding carboxylic acids is 2. The Hall–Kier alpha value is -4.13. The van der Waals surface area contributed by atoms with Gasteiger partial charge in [-0.25, -0.2) is 9.48 Å². The lowest BCUT2D eigenvalue weighted by Gasteiger charge is -2.19. The molecule has 0 aliphatic carbocycles. The molecule has 1 N–H and O–H groups in total. The van der Waals surface area contributed by atoms with E-state index >= 15 is 0 Å². The number of furan rings is 1. The molecule has 1 fully saturated rings. The molecule has 5 rings (SSSR count). The van der Waals surface area contributed by atoms with E-state index in [-0.39, 0.29) is 12.5 Å². The smallest absolute Gasteiger partial charge is 0.325 e. The van der Waals surface area contributed by atoms with Gasteiger partial charge in [-0.1, -0.05) is 48.5 Å². The van der Waals surface area contributed by atoms with Gasteiger partial charge in [0.15, 0.2) is 5.54 Å². The number of rotatable bonds is 5. The average Bonchev–Trinajstić information content (AvgIpc) is 3.52. The minimum absolute atomic E-state index is 0.0953. The van der Waals surface area contributed by atoms with Crippen LogP contribution in [0.15, 0.2) is 89.7 Å². The van der Waals surface area contributed by atoms with Crippen molar-refractivity contribution in [1.29, 1.82) is 0 Å². The van der Waals surface area contributed by atoms with Gasteiger partial charge in [-0.15, -0.1) is 0 Å². The molecule has 0 spiro atoms. The summed E-state index contributed by atoms with van der Waals surface area (Å²) >= 11 is 0. The fraction of sp³-hybridized carbons (Fsp3) is 0.125. The van der Waals surface area contributed by atoms with Gasteiger partial charge in [0.25, 0.3) is 5.91 Å². The van der Waals surface area contributed by atoms with Gasteiger partial charge in [0.05, 0.1) is 24.2 Å². The van der Waals surface area contributed by atoms with E-state index in [1.165, 1.54) is 11.2 Å². The molecule has 31 heavy (non-hydrogen) atoms. The Morgan fingerprint density at radius 1 is 0.968 bits per heavy atom. The van der Waals surface area contributed by atoms with Crippen LogP contribution in [-0.4, -0.2) is 26.6 Å². The fourth-order valence-electron chi connectivity index (χ4n) is 3.82. The first-order chi connectivity index (χ1) is 15.1. The lowest BCUT2D eigenvalue weighted by Crippen LogP contribution is -2.40. The second-order valence-electron chi connectivity index (χ2n) is 7.57. The maximum Gasteiger partial charge on any atom is 0.325 e. The second-order valence-corrected chi connectivity index (χ2v) is 7.57. The van der Waals surface area contributed by atoms with Gasteiger partial charge < -0.3 is 9.73 Å². The Bertz CT molecular complexity index is 1230. The first-order valence-electron chi connectivity index (χ1n) is 9.94. The molecule has 0 radical (unpaired) electrons. The van der Waals surface area contributed by atoms with Crippen molar-refractivity contribution in [2.24, 2.45) is 0 Å². The number of nitrogens with one attached hydrogen (secondary N) is 1. The Morgan fingerprint density at radius 2 is 1.68 bits per heavy atom. The lowest BCUT2D eigenvalue weighted by atomic mass is 9.99. The maximum atomic E-state index is 13.2. The van der Waals surface area contributed by atoms with Gasteiger partial charge in [-0.3, -0.25) is 9.69 Å². The van der Waals surface area contributed by atoms with Crippen LogP contribution < -0.4 is 5.32 Å². The van der Waals surface area contributed by atoms with Gasteiger partial charge in [-0.05, 0) is 31.2 Å². The predicted molar refractivity (Wildman–Crippen MR) is 114 cm³/mol. The first-order valence-corrected chi connectivity index (χ1v) is 9.94. The topological polar surface area (TPSA) is 80.4 Å². The van der Waals surface area contributed by atoms with Crippen molar-refractivity contribution in [2.45, 2.75) is 19.0 Å². The molecule has 7 nitrogen and oxygen atoms in total. The summed E-state index contributed by atoms with van der Waals surface area (Å²) in [5.41, 5.74) is 2.05. The number of amides is 3. The Kier molecular flexibility index (Phi) is 4.43. The number of hydrogen-bond acceptors (Lipinski definition) is 4. The van der Waals surface area contributed by atoms with Crippen molar-refractivity contribution in [1.82, 2.24) is 20.0 Å². The molecule has 1 aliphatic rings. The van der Waals surface area contributed by atoms with Crippen molar-refractivity contribution < 1.29 is 14.0 Å². The summed E-state index contributed by atoms with van der Waals surface area (Å²) < 4.78 is 7.18. The summed E-state index contributed by atoms with van der Waals surface area (Å²) in [5.74, 6) is 0.0375. The molecule has 1 aliphatic heterocycles. The molecule has 0 bridgehead atoms. The molecular formula is C24H20N4O3. The molecule has 1 atom stereocenters. The summed E-state index contributed by atoms with van der Waals surface area (Å²) in [4.78, 5) is 27.2. The van der Waals surface area contributed by atoms with E-state index < -0.39 is 11.6 Å². The van der Waals surface area contributed by atoms with E-state index in [2.05, 4.69) is 5.32 Å². The van der Waals surface area contributed by atoms with Crippen LogP contribution in [0.2, 0.25) is 0 Å². The largest absolute Gasteiger partial charge is 0.466 e. The number of imide groups is 1. The number of para-hydroxylation sites is 1. The summed E-state index contributed by atoms with van der Waals surface area (Å²) in [5, 5.41) is 7.52. The van der Waals surface area contributed by atoms with E-state index in [1.807, 2.05) is 66.9 Å². The van der Waals surface area contributed by atoms with E-state index in [0.717, 1.165) is 22.5 Å². The normalized spacial score (nSPS) is 18.4. The Morgan fingerprint density at radius 3 is 2.35 bits per heavy atom. The molecule has 154 valence electrons. The van der Waals surface area contributed by atoms with Crippen LogP contribution in [0.1, 0.15) is 18.2 Å². The molecule has 0 unspecified atom stereocenters. The zero-order chi connectivity index (χ0) is 21.4. The number of urea groups is 1. The third kappa shape index (κ3) is 3.20. The molecule has 0 saturated carbocycles. The first kappa shape index (κ1) is 18.9. The van der Waals surface area contributed by atoms with Gasteiger partial charge in [0.2, 0.25) is 0 Å². The highest BCUT2D eigenvalue weighted by atomic mass is 16.3. The van der Waals surface area contributed by atoms with Crippen LogP contribution in [0, 0.1) is 0 Å². The van der Waals surface area contributed by atoms with Gasteiger partial charge >= 0.3 is 6.03 Å². The fourth-order valence-corrected chi connectivity index (χ4v) is 3.82. The molecule has 3 amide bonds. The summed E-state index contributed by atoms with van der Waals surface area (Å²) in [6.07, 6.45) is 3.35. The Labute approximate surface area is 178 Å². The summed E-state index contributed by atoms with van der Waals surface area (Å²) in [6, 6.07) is 22.3. The number of nitrogens with zero attached hydrogens (tertiary/aromatic N) is 3. The van der Waals surface area contributed by atoms with E-state index in [0.29, 0.717) is 5.76 Å². The highest BCUT2D eigenvalue weighted by molar-refractivity contribution is 6.06. The summed E-state index contributed by atoms with van der Waals surface area (Å²) in [7, 11) is 0. The van der Waals surface area contributed by atoms with Crippen molar-refractivity contribution in [3.63, 3.8) is 0 Å². The standard InChI is InChI=1S/C24H20N4O3/c1-24(20-13-8-14-31-20)22(29)27(23(30)25-24)15-18-16-28(19-11-6-3-7-12-19)26-21(18)17-9-4-2-5-10-17/h2-14,16H,15H2,1H3,(H,25,30)/t24-/m1/s1. The minimum Gasteiger partial charge on any atom is -0.466 e. The van der Waals surface area contributed by atoms with Crippen LogP contribution in [-0.2, 0) is 16.9 Å². The predicted octanol–water partition coefficient (Wildman–Crippen LogP) is 4.10. The van der Waals surface area contributed by atoms with Crippen LogP contribution in [0.3, 0.4) is 0 Å². The van der Waals surface area contributed by atoms with Gasteiger partial charge in [0.1, 0.15) is 5.76 Å². The van der Waals surface area contributed by atoms with Gasteiger partial charge in [-0.2, -0.15) is 5.10 Å². The van der Waals surface area contributed by atoms with Crippen LogP contribution in [0.4, 0.5) is 4.79 Å². The number of carbonyl (C=O) groups is 2. The van der Waals surface area contributed by atoms with Crippen molar-refractivity contribution in [3.8, 4) is 16.9 Å². The minimum atomic E-state index is -1.23. The number of hydrogen-bond donors (Lipinski definition) is 1. The molecule has 2 aromatic heterocycles. The monoisotopic (exact) mass is 412 g/mol. The second kappa shape index (κ2) is 7.28. The Balaban J connectivity index is 1.53. The zero-order valence-electron chi connectivity index (χ0n) is 16.9. The molecule has 1 saturated heterocycles. The van der Waals surface area contributed by atoms with Crippen molar-refractivity contribution >= 4 is 11.9 Å². The van der Waals surface area contributed by atoms with E-state index in [4.69, 9.17) is 9.52 Å². The molecule has 2 aromatic carbocycles. The maximum absolute atomic E-state index is 13.2. The van der Waals surface area contributed by atoms with Crippen LogP contribution in [0.25, 0.3) is 16.9 Å². The lowest BCUT2D eigenvalue weighted by molar-refractivity contribution is -0.132. The number of aromatic nitrogens is 2. The molecule has 3 heterocycles. The van der Waals surface area contributed by atoms with Crippen molar-refractivity contribution in [3.05, 3.63) is 96.6 Å². The summed E-state index contributed by atoms with van der Waals surface area (Å²) in [6.45, 7) is 1.75. The molecule has 4 aromatic rings. The highest BCUT2D eigenvalue weighted by Crippen LogP contribution is 2.32. The van der Waals surface area contributed by atoms with Crippen molar-refractivity contribution in [2.75, 3.05) is 0 Å².